The molecule has 1 atom stereocenters. The van der Waals surface area contributed by atoms with Crippen LogP contribution in [-0.4, -0.2) is 51.1 Å². The first-order valence-electron chi connectivity index (χ1n) is 6.00. The van der Waals surface area contributed by atoms with Gasteiger partial charge in [0.2, 0.25) is 0 Å². The van der Waals surface area contributed by atoms with E-state index >= 15 is 0 Å². The van der Waals surface area contributed by atoms with Crippen LogP contribution in [0.4, 0.5) is 0 Å². The molecule has 0 spiro atoms. The normalized spacial score (nSPS) is 21.5. The van der Waals surface area contributed by atoms with Gasteiger partial charge < -0.3 is 15.5 Å². The van der Waals surface area contributed by atoms with E-state index in [0.29, 0.717) is 0 Å². The molecule has 0 saturated carbocycles. The zero-order valence-electron chi connectivity index (χ0n) is 10.9. The van der Waals surface area contributed by atoms with Crippen molar-refractivity contribution in [2.24, 2.45) is 10.9 Å². The molecule has 0 radical (unpaired) electrons. The van der Waals surface area contributed by atoms with Crippen molar-refractivity contribution in [3.8, 4) is 0 Å². The van der Waals surface area contributed by atoms with Crippen molar-refractivity contribution < 1.29 is 0 Å². The van der Waals surface area contributed by atoms with E-state index in [1.807, 2.05) is 6.08 Å². The van der Waals surface area contributed by atoms with Gasteiger partial charge in [-0.05, 0) is 32.4 Å². The number of hydrogen-bond acceptors (Lipinski definition) is 2. The number of nitrogens with zero attached hydrogens (tertiary/aromatic N) is 2. The van der Waals surface area contributed by atoms with Crippen molar-refractivity contribution in [1.29, 1.82) is 0 Å². The molecule has 0 bridgehead atoms. The molecule has 0 aromatic rings. The van der Waals surface area contributed by atoms with Crippen LogP contribution >= 0.6 is 24.0 Å². The van der Waals surface area contributed by atoms with Gasteiger partial charge >= 0.3 is 0 Å². The minimum Gasteiger partial charge on any atom is -0.356 e. The smallest absolute Gasteiger partial charge is 0.191 e. The molecule has 0 aromatic heterocycles. The molecule has 1 rings (SSSR count). The Kier molecular flexibility index (Phi) is 9.53. The summed E-state index contributed by atoms with van der Waals surface area (Å²) in [7, 11) is 3.99. The summed E-state index contributed by atoms with van der Waals surface area (Å²) in [6.07, 6.45) is 4.46. The predicted molar refractivity (Wildman–Crippen MR) is 85.2 cm³/mol. The second-order valence-corrected chi connectivity index (χ2v) is 4.39. The average Bonchev–Trinajstić information content (AvgIpc) is 2.29. The van der Waals surface area contributed by atoms with Crippen LogP contribution in [0.15, 0.2) is 17.6 Å². The topological polar surface area (TPSA) is 39.7 Å². The van der Waals surface area contributed by atoms with Gasteiger partial charge in [0.1, 0.15) is 0 Å². The highest BCUT2D eigenvalue weighted by Crippen LogP contribution is 2.13. The zero-order chi connectivity index (χ0) is 11.8. The third kappa shape index (κ3) is 6.88. The Morgan fingerprint density at radius 1 is 1.53 bits per heavy atom. The Labute approximate surface area is 122 Å². The lowest BCUT2D eigenvalue weighted by Crippen LogP contribution is -2.43. The molecule has 1 saturated heterocycles. The highest BCUT2D eigenvalue weighted by molar-refractivity contribution is 14.0. The second kappa shape index (κ2) is 9.70. The lowest BCUT2D eigenvalue weighted by molar-refractivity contribution is 0.210. The largest absolute Gasteiger partial charge is 0.356 e. The molecule has 0 amide bonds. The number of halogens is 1. The van der Waals surface area contributed by atoms with Crippen LogP contribution < -0.4 is 10.6 Å². The summed E-state index contributed by atoms with van der Waals surface area (Å²) < 4.78 is 0. The van der Waals surface area contributed by atoms with Crippen molar-refractivity contribution in [3.63, 3.8) is 0 Å². The van der Waals surface area contributed by atoms with Gasteiger partial charge in [-0.25, -0.2) is 0 Å². The van der Waals surface area contributed by atoms with E-state index in [1.165, 1.54) is 25.9 Å². The third-order valence-electron chi connectivity index (χ3n) is 2.92. The minimum absolute atomic E-state index is 0. The van der Waals surface area contributed by atoms with Gasteiger partial charge in [0.05, 0.1) is 0 Å². The molecule has 0 aromatic carbocycles. The van der Waals surface area contributed by atoms with Crippen LogP contribution in [0.3, 0.4) is 0 Å². The maximum atomic E-state index is 4.16. The highest BCUT2D eigenvalue weighted by atomic mass is 127. The summed E-state index contributed by atoms with van der Waals surface area (Å²) in [6, 6.07) is 0. The summed E-state index contributed by atoms with van der Waals surface area (Å²) in [4.78, 5) is 6.56. The van der Waals surface area contributed by atoms with E-state index in [0.717, 1.165) is 25.0 Å². The van der Waals surface area contributed by atoms with Crippen LogP contribution in [-0.2, 0) is 0 Å². The van der Waals surface area contributed by atoms with E-state index in [9.17, 15) is 0 Å². The lowest BCUT2D eigenvalue weighted by Gasteiger charge is -2.30. The van der Waals surface area contributed by atoms with Gasteiger partial charge in [-0.15, -0.1) is 30.6 Å². The summed E-state index contributed by atoms with van der Waals surface area (Å²) in [5, 5.41) is 6.54. The molecular weight excluding hydrogens is 327 g/mol. The fourth-order valence-electron chi connectivity index (χ4n) is 2.07. The summed E-state index contributed by atoms with van der Waals surface area (Å²) in [5.74, 6) is 1.61. The van der Waals surface area contributed by atoms with E-state index in [-0.39, 0.29) is 24.0 Å². The zero-order valence-corrected chi connectivity index (χ0v) is 13.2. The molecule has 1 fully saturated rings. The molecule has 5 heteroatoms. The van der Waals surface area contributed by atoms with Gasteiger partial charge in [0.15, 0.2) is 5.96 Å². The number of rotatable bonds is 4. The molecule has 100 valence electrons. The Hall–Kier alpha value is -0.300. The summed E-state index contributed by atoms with van der Waals surface area (Å²) in [5.41, 5.74) is 0. The number of likely N-dealkylation sites (tertiary alicyclic amines) is 1. The third-order valence-corrected chi connectivity index (χ3v) is 2.92. The average molecular weight is 352 g/mol. The van der Waals surface area contributed by atoms with Gasteiger partial charge in [-0.1, -0.05) is 6.08 Å². The van der Waals surface area contributed by atoms with Gasteiger partial charge in [-0.2, -0.15) is 0 Å². The predicted octanol–water partition coefficient (Wildman–Crippen LogP) is 1.30. The van der Waals surface area contributed by atoms with Crippen LogP contribution in [0.5, 0.6) is 0 Å². The molecule has 17 heavy (non-hydrogen) atoms. The molecule has 0 aliphatic carbocycles. The first-order chi connectivity index (χ1) is 7.76. The molecule has 1 heterocycles. The highest BCUT2D eigenvalue weighted by Gasteiger charge is 2.16. The Balaban J connectivity index is 0.00000256. The fraction of sp³-hybridized carbons (Fsp3) is 0.750. The van der Waals surface area contributed by atoms with Crippen molar-refractivity contribution >= 4 is 29.9 Å². The van der Waals surface area contributed by atoms with E-state index < -0.39 is 0 Å². The molecule has 1 aliphatic rings. The molecule has 2 N–H and O–H groups in total. The van der Waals surface area contributed by atoms with E-state index in [2.05, 4.69) is 34.2 Å². The van der Waals surface area contributed by atoms with Gasteiger partial charge in [0.25, 0.3) is 0 Å². The van der Waals surface area contributed by atoms with Crippen molar-refractivity contribution in [2.75, 3.05) is 40.3 Å². The molecule has 1 aliphatic heterocycles. The second-order valence-electron chi connectivity index (χ2n) is 4.39. The number of hydrogen-bond donors (Lipinski definition) is 2. The molecule has 4 nitrogen and oxygen atoms in total. The van der Waals surface area contributed by atoms with E-state index in [1.54, 1.807) is 7.05 Å². The quantitative estimate of drug-likeness (QED) is 0.347. The SMILES string of the molecule is C=CCNC(=NC)NCC1CCCN(C)C1.I. The number of aliphatic imine (C=N–C) groups is 1. The van der Waals surface area contributed by atoms with Gasteiger partial charge in [0, 0.05) is 26.7 Å². The standard InChI is InChI=1S/C12H24N4.HI/c1-4-7-14-12(13-2)15-9-11-6-5-8-16(3)10-11;/h4,11H,1,5-10H2,2-3H3,(H2,13,14,15);1H. The van der Waals surface area contributed by atoms with Crippen LogP contribution in [0.2, 0.25) is 0 Å². The maximum absolute atomic E-state index is 4.16. The molecule has 1 unspecified atom stereocenters. The van der Waals surface area contributed by atoms with Crippen LogP contribution in [0.1, 0.15) is 12.8 Å². The van der Waals surface area contributed by atoms with Crippen molar-refractivity contribution in [1.82, 2.24) is 15.5 Å². The Morgan fingerprint density at radius 2 is 2.29 bits per heavy atom. The summed E-state index contributed by atoms with van der Waals surface area (Å²) >= 11 is 0. The monoisotopic (exact) mass is 352 g/mol. The van der Waals surface area contributed by atoms with Gasteiger partial charge in [-0.3, -0.25) is 4.99 Å². The van der Waals surface area contributed by atoms with Crippen LogP contribution in [0.25, 0.3) is 0 Å². The van der Waals surface area contributed by atoms with Crippen molar-refractivity contribution in [3.05, 3.63) is 12.7 Å². The number of piperidine rings is 1. The fourth-order valence-corrected chi connectivity index (χ4v) is 2.07. The Bertz CT molecular complexity index is 243. The summed E-state index contributed by atoms with van der Waals surface area (Å²) in [6.45, 7) is 7.85. The number of nitrogens with one attached hydrogen (secondary N) is 2. The van der Waals surface area contributed by atoms with Crippen LogP contribution in [0, 0.1) is 5.92 Å². The first kappa shape index (κ1) is 16.7. The van der Waals surface area contributed by atoms with Crippen molar-refractivity contribution in [2.45, 2.75) is 12.8 Å². The Morgan fingerprint density at radius 3 is 2.88 bits per heavy atom. The van der Waals surface area contributed by atoms with E-state index in [4.69, 9.17) is 0 Å². The first-order valence-corrected chi connectivity index (χ1v) is 6.00. The molecular formula is C12H25IN4. The minimum atomic E-state index is 0. The maximum Gasteiger partial charge on any atom is 0.191 e. The number of guanidine groups is 1. The lowest BCUT2D eigenvalue weighted by atomic mass is 9.99.